The van der Waals surface area contributed by atoms with Crippen LogP contribution in [0.5, 0.6) is 5.75 Å². The molecule has 4 nitrogen and oxygen atoms in total. The summed E-state index contributed by atoms with van der Waals surface area (Å²) in [7, 11) is 0. The number of halogens is 1. The molecule has 0 radical (unpaired) electrons. The van der Waals surface area contributed by atoms with E-state index < -0.39 is 6.10 Å². The van der Waals surface area contributed by atoms with Crippen molar-refractivity contribution in [1.82, 2.24) is 4.98 Å². The predicted octanol–water partition coefficient (Wildman–Crippen LogP) is 3.84. The van der Waals surface area contributed by atoms with E-state index in [1.165, 1.54) is 0 Å². The Hall–Kier alpha value is -1.78. The van der Waals surface area contributed by atoms with Crippen molar-refractivity contribution < 1.29 is 9.84 Å². The fourth-order valence-electron chi connectivity index (χ4n) is 2.76. The maximum absolute atomic E-state index is 9.66. The standard InChI is InChI=1S/C18H21ClN2O2/c1-13(22)17-3-2-4-18(20-17)21-11-9-16(10-12-21)23-15-7-5-14(19)6-8-15/h2-8,13,16,22H,9-12H2,1H3/t13-/m0/s1. The smallest absolute Gasteiger partial charge is 0.128 e. The molecule has 0 saturated carbocycles. The van der Waals surface area contributed by atoms with E-state index in [0.717, 1.165) is 42.5 Å². The van der Waals surface area contributed by atoms with Crippen LogP contribution in [0, 0.1) is 0 Å². The Morgan fingerprint density at radius 1 is 1.17 bits per heavy atom. The third kappa shape index (κ3) is 4.15. The molecule has 1 aromatic heterocycles. The molecular formula is C18H21ClN2O2. The fraction of sp³-hybridized carbons (Fsp3) is 0.389. The molecule has 3 rings (SSSR count). The molecule has 122 valence electrons. The van der Waals surface area contributed by atoms with Gasteiger partial charge in [0.05, 0.1) is 11.8 Å². The lowest BCUT2D eigenvalue weighted by atomic mass is 10.1. The molecule has 0 aliphatic carbocycles. The van der Waals surface area contributed by atoms with Crippen molar-refractivity contribution >= 4 is 17.4 Å². The molecule has 1 aromatic carbocycles. The van der Waals surface area contributed by atoms with E-state index in [0.29, 0.717) is 5.69 Å². The normalized spacial score (nSPS) is 17.1. The Morgan fingerprint density at radius 3 is 2.52 bits per heavy atom. The fourth-order valence-corrected chi connectivity index (χ4v) is 2.88. The highest BCUT2D eigenvalue weighted by Crippen LogP contribution is 2.24. The number of anilines is 1. The minimum atomic E-state index is -0.541. The van der Waals surface area contributed by atoms with Crippen molar-refractivity contribution in [2.45, 2.75) is 32.0 Å². The molecule has 2 aromatic rings. The molecule has 0 spiro atoms. The molecule has 1 fully saturated rings. The quantitative estimate of drug-likeness (QED) is 0.924. The number of rotatable bonds is 4. The molecule has 2 heterocycles. The number of pyridine rings is 1. The first-order valence-electron chi connectivity index (χ1n) is 7.94. The minimum absolute atomic E-state index is 0.215. The Balaban J connectivity index is 1.58. The zero-order valence-corrected chi connectivity index (χ0v) is 13.9. The largest absolute Gasteiger partial charge is 0.490 e. The number of hydrogen-bond donors (Lipinski definition) is 1. The van der Waals surface area contributed by atoms with Gasteiger partial charge in [0.15, 0.2) is 0 Å². The highest BCUT2D eigenvalue weighted by molar-refractivity contribution is 6.30. The molecule has 23 heavy (non-hydrogen) atoms. The second-order valence-corrected chi connectivity index (χ2v) is 6.29. The highest BCUT2D eigenvalue weighted by Gasteiger charge is 2.21. The summed E-state index contributed by atoms with van der Waals surface area (Å²) in [4.78, 5) is 6.78. The number of nitrogens with zero attached hydrogens (tertiary/aromatic N) is 2. The van der Waals surface area contributed by atoms with Gasteiger partial charge >= 0.3 is 0 Å². The maximum atomic E-state index is 9.66. The lowest BCUT2D eigenvalue weighted by molar-refractivity contribution is 0.170. The predicted molar refractivity (Wildman–Crippen MR) is 92.2 cm³/mol. The van der Waals surface area contributed by atoms with Crippen molar-refractivity contribution in [3.8, 4) is 5.75 Å². The van der Waals surface area contributed by atoms with Crippen LogP contribution in [0.2, 0.25) is 5.02 Å². The van der Waals surface area contributed by atoms with Crippen molar-refractivity contribution in [2.24, 2.45) is 0 Å². The third-order valence-electron chi connectivity index (χ3n) is 4.07. The van der Waals surface area contributed by atoms with Crippen LogP contribution in [0.4, 0.5) is 5.82 Å². The zero-order valence-electron chi connectivity index (χ0n) is 13.2. The van der Waals surface area contributed by atoms with E-state index in [-0.39, 0.29) is 6.10 Å². The van der Waals surface area contributed by atoms with E-state index in [2.05, 4.69) is 9.88 Å². The molecule has 1 aliphatic heterocycles. The van der Waals surface area contributed by atoms with E-state index in [1.807, 2.05) is 42.5 Å². The number of piperidine rings is 1. The van der Waals surface area contributed by atoms with Crippen molar-refractivity contribution in [1.29, 1.82) is 0 Å². The number of aliphatic hydroxyl groups is 1. The Morgan fingerprint density at radius 2 is 1.87 bits per heavy atom. The van der Waals surface area contributed by atoms with Crippen LogP contribution in [0.25, 0.3) is 0 Å². The van der Waals surface area contributed by atoms with Crippen LogP contribution in [-0.4, -0.2) is 29.3 Å². The lowest BCUT2D eigenvalue weighted by Crippen LogP contribution is -2.38. The van der Waals surface area contributed by atoms with Gasteiger partial charge in [-0.3, -0.25) is 0 Å². The lowest BCUT2D eigenvalue weighted by Gasteiger charge is -2.33. The first-order valence-corrected chi connectivity index (χ1v) is 8.32. The van der Waals surface area contributed by atoms with E-state index >= 15 is 0 Å². The van der Waals surface area contributed by atoms with Crippen molar-refractivity contribution in [2.75, 3.05) is 18.0 Å². The first kappa shape index (κ1) is 16.1. The van der Waals surface area contributed by atoms with Gasteiger partial charge in [-0.1, -0.05) is 17.7 Å². The van der Waals surface area contributed by atoms with Gasteiger partial charge in [-0.2, -0.15) is 0 Å². The van der Waals surface area contributed by atoms with Gasteiger partial charge < -0.3 is 14.7 Å². The SMILES string of the molecule is C[C@H](O)c1cccc(N2CCC(Oc3ccc(Cl)cc3)CC2)n1. The van der Waals surface area contributed by atoms with Crippen LogP contribution >= 0.6 is 11.6 Å². The number of aliphatic hydroxyl groups excluding tert-OH is 1. The summed E-state index contributed by atoms with van der Waals surface area (Å²) in [6.07, 6.45) is 1.57. The molecule has 1 N–H and O–H groups in total. The Labute approximate surface area is 141 Å². The number of benzene rings is 1. The van der Waals surface area contributed by atoms with Crippen LogP contribution in [0.15, 0.2) is 42.5 Å². The van der Waals surface area contributed by atoms with Crippen molar-refractivity contribution in [3.63, 3.8) is 0 Å². The number of hydrogen-bond acceptors (Lipinski definition) is 4. The van der Waals surface area contributed by atoms with Crippen LogP contribution < -0.4 is 9.64 Å². The Bertz CT molecular complexity index is 638. The van der Waals surface area contributed by atoms with Crippen LogP contribution in [-0.2, 0) is 0 Å². The summed E-state index contributed by atoms with van der Waals surface area (Å²) in [6.45, 7) is 3.53. The molecule has 1 aliphatic rings. The average Bonchev–Trinajstić information content (AvgIpc) is 2.58. The molecule has 0 bridgehead atoms. The van der Waals surface area contributed by atoms with Gasteiger partial charge in [0.25, 0.3) is 0 Å². The molecule has 1 atom stereocenters. The molecular weight excluding hydrogens is 312 g/mol. The first-order chi connectivity index (χ1) is 11.1. The number of aromatic nitrogens is 1. The summed E-state index contributed by atoms with van der Waals surface area (Å²) in [5, 5.41) is 10.4. The summed E-state index contributed by atoms with van der Waals surface area (Å²) in [5.41, 5.74) is 0.710. The second-order valence-electron chi connectivity index (χ2n) is 5.85. The van der Waals surface area contributed by atoms with Crippen molar-refractivity contribution in [3.05, 3.63) is 53.2 Å². The van der Waals surface area contributed by atoms with Crippen LogP contribution in [0.3, 0.4) is 0 Å². The highest BCUT2D eigenvalue weighted by atomic mass is 35.5. The average molecular weight is 333 g/mol. The minimum Gasteiger partial charge on any atom is -0.490 e. The molecule has 5 heteroatoms. The van der Waals surface area contributed by atoms with E-state index in [1.54, 1.807) is 6.92 Å². The monoisotopic (exact) mass is 332 g/mol. The summed E-state index contributed by atoms with van der Waals surface area (Å²) < 4.78 is 6.01. The number of ether oxygens (including phenoxy) is 1. The van der Waals surface area contributed by atoms with Gasteiger partial charge in [0.2, 0.25) is 0 Å². The zero-order chi connectivity index (χ0) is 16.2. The van der Waals surface area contributed by atoms with Gasteiger partial charge in [-0.25, -0.2) is 4.98 Å². The van der Waals surface area contributed by atoms with Crippen LogP contribution in [0.1, 0.15) is 31.6 Å². The summed E-state index contributed by atoms with van der Waals surface area (Å²) in [5.74, 6) is 1.79. The molecule has 1 saturated heterocycles. The van der Waals surface area contributed by atoms with E-state index in [9.17, 15) is 5.11 Å². The van der Waals surface area contributed by atoms with E-state index in [4.69, 9.17) is 16.3 Å². The summed E-state index contributed by atoms with van der Waals surface area (Å²) in [6, 6.07) is 13.3. The van der Waals surface area contributed by atoms with Gasteiger partial charge in [0.1, 0.15) is 17.7 Å². The molecule has 0 unspecified atom stereocenters. The maximum Gasteiger partial charge on any atom is 0.128 e. The van der Waals surface area contributed by atoms with Gasteiger partial charge in [-0.15, -0.1) is 0 Å². The Kier molecular flexibility index (Phi) is 5.03. The van der Waals surface area contributed by atoms with Gasteiger partial charge in [-0.05, 0) is 43.3 Å². The summed E-state index contributed by atoms with van der Waals surface area (Å²) >= 11 is 5.89. The second kappa shape index (κ2) is 7.20. The third-order valence-corrected chi connectivity index (χ3v) is 4.32. The molecule has 0 amide bonds. The van der Waals surface area contributed by atoms with Gasteiger partial charge in [0, 0.05) is 31.0 Å². The topological polar surface area (TPSA) is 45.6 Å².